The molecule has 0 aliphatic carbocycles. The Morgan fingerprint density at radius 1 is 0.929 bits per heavy atom. The molecule has 0 saturated heterocycles. The summed E-state index contributed by atoms with van der Waals surface area (Å²) in [6.07, 6.45) is 4.74. The first-order valence-electron chi connectivity index (χ1n) is 8.59. The fourth-order valence-electron chi connectivity index (χ4n) is 2.37. The molecule has 0 spiro atoms. The second kappa shape index (κ2) is 9.19. The lowest BCUT2D eigenvalue weighted by Crippen LogP contribution is -2.03. The summed E-state index contributed by atoms with van der Waals surface area (Å²) < 4.78 is 10.4. The van der Waals surface area contributed by atoms with Crippen LogP contribution in [0.3, 0.4) is 0 Å². The van der Waals surface area contributed by atoms with E-state index in [9.17, 15) is 9.90 Å². The van der Waals surface area contributed by atoms with Gasteiger partial charge in [-0.05, 0) is 77.9 Å². The quantitative estimate of drug-likeness (QED) is 0.292. The van der Waals surface area contributed by atoms with Crippen LogP contribution in [0.1, 0.15) is 11.1 Å². The van der Waals surface area contributed by atoms with E-state index in [1.54, 1.807) is 67.9 Å². The Bertz CT molecular complexity index is 990. The number of carbonyl (C=O) groups is 1. The minimum atomic E-state index is -0.465. The van der Waals surface area contributed by atoms with Crippen molar-refractivity contribution in [1.29, 1.82) is 0 Å². The van der Waals surface area contributed by atoms with E-state index in [2.05, 4.69) is 4.99 Å². The molecule has 140 valence electrons. The molecule has 3 aromatic carbocycles. The van der Waals surface area contributed by atoms with E-state index in [0.717, 1.165) is 22.6 Å². The summed E-state index contributed by atoms with van der Waals surface area (Å²) >= 11 is 0. The number of aromatic hydroxyl groups is 1. The Morgan fingerprint density at radius 2 is 1.68 bits per heavy atom. The number of rotatable bonds is 6. The van der Waals surface area contributed by atoms with Crippen molar-refractivity contribution in [1.82, 2.24) is 0 Å². The molecule has 5 heteroatoms. The maximum atomic E-state index is 12.0. The van der Waals surface area contributed by atoms with Crippen molar-refractivity contribution in [3.63, 3.8) is 0 Å². The summed E-state index contributed by atoms with van der Waals surface area (Å²) in [5.41, 5.74) is 2.44. The molecule has 0 aromatic heterocycles. The number of phenols is 1. The second-order valence-electron chi connectivity index (χ2n) is 5.87. The van der Waals surface area contributed by atoms with E-state index in [1.807, 2.05) is 24.3 Å². The summed E-state index contributed by atoms with van der Waals surface area (Å²) in [6, 6.07) is 21.0. The topological polar surface area (TPSA) is 68.1 Å². The molecule has 0 aliphatic heterocycles. The van der Waals surface area contributed by atoms with Crippen molar-refractivity contribution in [2.24, 2.45) is 4.99 Å². The number of esters is 1. The largest absolute Gasteiger partial charge is 0.508 e. The van der Waals surface area contributed by atoms with Gasteiger partial charge in [-0.1, -0.05) is 12.1 Å². The van der Waals surface area contributed by atoms with Crippen LogP contribution >= 0.6 is 0 Å². The fourth-order valence-corrected chi connectivity index (χ4v) is 2.37. The molecule has 3 rings (SSSR count). The third-order valence-electron chi connectivity index (χ3n) is 3.82. The average molecular weight is 373 g/mol. The van der Waals surface area contributed by atoms with Crippen molar-refractivity contribution < 1.29 is 19.4 Å². The molecule has 0 radical (unpaired) electrons. The molecule has 0 aliphatic rings. The lowest BCUT2D eigenvalue weighted by atomic mass is 10.2. The molecular formula is C23H19NO4. The zero-order chi connectivity index (χ0) is 19.8. The van der Waals surface area contributed by atoms with E-state index in [1.165, 1.54) is 6.08 Å². The van der Waals surface area contributed by atoms with Gasteiger partial charge in [0.05, 0.1) is 12.8 Å². The first-order chi connectivity index (χ1) is 13.6. The van der Waals surface area contributed by atoms with Crippen LogP contribution in [0.15, 0.2) is 83.9 Å². The first kappa shape index (κ1) is 18.9. The zero-order valence-corrected chi connectivity index (χ0v) is 15.3. The highest BCUT2D eigenvalue weighted by Gasteiger charge is 2.01. The van der Waals surface area contributed by atoms with Crippen LogP contribution in [-0.4, -0.2) is 24.4 Å². The molecular weight excluding hydrogens is 354 g/mol. The van der Waals surface area contributed by atoms with Crippen LogP contribution in [0, 0.1) is 0 Å². The van der Waals surface area contributed by atoms with Gasteiger partial charge in [0.1, 0.15) is 17.2 Å². The minimum Gasteiger partial charge on any atom is -0.508 e. The van der Waals surface area contributed by atoms with Gasteiger partial charge in [-0.15, -0.1) is 0 Å². The van der Waals surface area contributed by atoms with Gasteiger partial charge in [-0.2, -0.15) is 0 Å². The molecule has 0 atom stereocenters. The number of hydrogen-bond acceptors (Lipinski definition) is 5. The lowest BCUT2D eigenvalue weighted by Gasteiger charge is -2.02. The Balaban J connectivity index is 1.58. The van der Waals surface area contributed by atoms with Gasteiger partial charge in [0, 0.05) is 12.3 Å². The molecule has 0 unspecified atom stereocenters. The van der Waals surface area contributed by atoms with E-state index >= 15 is 0 Å². The fraction of sp³-hybridized carbons (Fsp3) is 0.0435. The summed E-state index contributed by atoms with van der Waals surface area (Å²) in [6.45, 7) is 0. The number of benzene rings is 3. The van der Waals surface area contributed by atoms with Crippen molar-refractivity contribution >= 4 is 23.9 Å². The number of carbonyl (C=O) groups excluding carboxylic acids is 1. The maximum absolute atomic E-state index is 12.0. The van der Waals surface area contributed by atoms with E-state index in [4.69, 9.17) is 9.47 Å². The van der Waals surface area contributed by atoms with Crippen LogP contribution in [0.25, 0.3) is 6.08 Å². The van der Waals surface area contributed by atoms with Crippen LogP contribution < -0.4 is 9.47 Å². The van der Waals surface area contributed by atoms with Crippen LogP contribution in [0.2, 0.25) is 0 Å². The number of methoxy groups -OCH3 is 1. The van der Waals surface area contributed by atoms with Gasteiger partial charge in [-0.25, -0.2) is 4.79 Å². The van der Waals surface area contributed by atoms with Crippen LogP contribution in [0.5, 0.6) is 17.2 Å². The van der Waals surface area contributed by atoms with Gasteiger partial charge >= 0.3 is 5.97 Å². The van der Waals surface area contributed by atoms with Gasteiger partial charge in [0.2, 0.25) is 0 Å². The summed E-state index contributed by atoms with van der Waals surface area (Å²) in [5.74, 6) is 0.904. The SMILES string of the molecule is COc1cccc(C=CC(=O)Oc2ccc(/C=N/c3ccc(O)cc3)cc2)c1. The Morgan fingerprint density at radius 3 is 2.39 bits per heavy atom. The van der Waals surface area contributed by atoms with Crippen LogP contribution in [0.4, 0.5) is 5.69 Å². The summed E-state index contributed by atoms with van der Waals surface area (Å²) in [5, 5.41) is 9.27. The highest BCUT2D eigenvalue weighted by Crippen LogP contribution is 2.18. The van der Waals surface area contributed by atoms with Crippen molar-refractivity contribution in [2.45, 2.75) is 0 Å². The molecule has 3 aromatic rings. The van der Waals surface area contributed by atoms with Gasteiger partial charge in [0.15, 0.2) is 0 Å². The zero-order valence-electron chi connectivity index (χ0n) is 15.3. The van der Waals surface area contributed by atoms with Crippen molar-refractivity contribution in [3.8, 4) is 17.2 Å². The molecule has 28 heavy (non-hydrogen) atoms. The van der Waals surface area contributed by atoms with Gasteiger partial charge in [0.25, 0.3) is 0 Å². The van der Waals surface area contributed by atoms with E-state index in [-0.39, 0.29) is 5.75 Å². The minimum absolute atomic E-state index is 0.200. The Labute approximate surface area is 163 Å². The smallest absolute Gasteiger partial charge is 0.336 e. The predicted molar refractivity (Wildman–Crippen MR) is 109 cm³/mol. The molecule has 0 amide bonds. The molecule has 5 nitrogen and oxygen atoms in total. The molecule has 0 bridgehead atoms. The Hall–Kier alpha value is -3.86. The third-order valence-corrected chi connectivity index (χ3v) is 3.82. The Kier molecular flexibility index (Phi) is 6.21. The number of nitrogens with zero attached hydrogens (tertiary/aromatic N) is 1. The molecule has 0 heterocycles. The number of phenolic OH excluding ortho intramolecular Hbond substituents is 1. The molecule has 1 N–H and O–H groups in total. The van der Waals surface area contributed by atoms with Crippen LogP contribution in [-0.2, 0) is 4.79 Å². The van der Waals surface area contributed by atoms with Crippen molar-refractivity contribution in [2.75, 3.05) is 7.11 Å². The van der Waals surface area contributed by atoms with E-state index < -0.39 is 5.97 Å². The third kappa shape index (κ3) is 5.57. The monoisotopic (exact) mass is 373 g/mol. The standard InChI is InChI=1S/C23H19NO4/c1-27-22-4-2-3-17(15-22)7-14-23(26)28-21-12-5-18(6-13-21)16-24-19-8-10-20(25)11-9-19/h2-16,25H,1H3/b14-7?,24-16+. The lowest BCUT2D eigenvalue weighted by molar-refractivity contribution is -0.128. The van der Waals surface area contributed by atoms with Gasteiger partial charge in [-0.3, -0.25) is 4.99 Å². The van der Waals surface area contributed by atoms with E-state index in [0.29, 0.717) is 5.75 Å². The highest BCUT2D eigenvalue weighted by molar-refractivity contribution is 5.89. The molecule has 0 saturated carbocycles. The van der Waals surface area contributed by atoms with Crippen molar-refractivity contribution in [3.05, 3.63) is 90.0 Å². The number of ether oxygens (including phenoxy) is 2. The average Bonchev–Trinajstić information content (AvgIpc) is 2.73. The number of hydrogen-bond donors (Lipinski definition) is 1. The second-order valence-corrected chi connectivity index (χ2v) is 5.87. The van der Waals surface area contributed by atoms with Gasteiger partial charge < -0.3 is 14.6 Å². The highest BCUT2D eigenvalue weighted by atomic mass is 16.5. The maximum Gasteiger partial charge on any atom is 0.336 e. The summed E-state index contributed by atoms with van der Waals surface area (Å²) in [4.78, 5) is 16.3. The first-order valence-corrected chi connectivity index (χ1v) is 8.59. The number of aliphatic imine (C=N–C) groups is 1. The molecule has 0 fully saturated rings. The normalized spacial score (nSPS) is 11.0. The predicted octanol–water partition coefficient (Wildman–Crippen LogP) is 4.77. The summed E-state index contributed by atoms with van der Waals surface area (Å²) in [7, 11) is 1.59.